The lowest BCUT2D eigenvalue weighted by Gasteiger charge is -2.13. The number of rotatable bonds is 3. The van der Waals surface area contributed by atoms with Crippen LogP contribution in [0, 0.1) is 45.7 Å². The van der Waals surface area contributed by atoms with Crippen molar-refractivity contribution in [2.45, 2.75) is 13.8 Å². The van der Waals surface area contributed by atoms with E-state index in [9.17, 15) is 30.6 Å². The number of hydrogen-bond donors (Lipinski definition) is 1. The van der Waals surface area contributed by atoms with Crippen LogP contribution < -0.4 is 14.8 Å². The van der Waals surface area contributed by atoms with Gasteiger partial charge in [0.2, 0.25) is 11.3 Å². The molecule has 2 heterocycles. The lowest BCUT2D eigenvalue weighted by atomic mass is 10.1. The molecule has 1 N–H and O–H groups in total. The molecule has 1 amide bonds. The molecule has 11 nitrogen and oxygen atoms in total. The van der Waals surface area contributed by atoms with Crippen molar-refractivity contribution in [3.05, 3.63) is 67.4 Å². The summed E-state index contributed by atoms with van der Waals surface area (Å²) in [6.07, 6.45) is 0. The summed E-state index contributed by atoms with van der Waals surface area (Å²) in [7, 11) is 0. The first-order valence-electron chi connectivity index (χ1n) is 7.50. The number of carbonyl (C=O) groups is 1. The van der Waals surface area contributed by atoms with Crippen LogP contribution in [0.25, 0.3) is 11.0 Å². The zero-order valence-corrected chi connectivity index (χ0v) is 14.0. The topological polar surface area (TPSA) is 163 Å². The van der Waals surface area contributed by atoms with Crippen LogP contribution in [-0.4, -0.2) is 10.8 Å². The van der Waals surface area contributed by atoms with Gasteiger partial charge in [-0.2, -0.15) is 10.6 Å². The molecule has 0 aliphatic carbocycles. The van der Waals surface area contributed by atoms with Crippen molar-refractivity contribution in [2.24, 2.45) is 0 Å². The Morgan fingerprint density at radius 3 is 2.30 bits per heavy atom. The predicted octanol–water partition coefficient (Wildman–Crippen LogP) is 1.35. The molecule has 1 aromatic carbocycles. The Morgan fingerprint density at radius 2 is 1.78 bits per heavy atom. The molecule has 0 radical (unpaired) electrons. The maximum atomic E-state index is 12.7. The van der Waals surface area contributed by atoms with E-state index < -0.39 is 34.0 Å². The molecule has 0 saturated carbocycles. The molecular weight excluding hydrogens is 358 g/mol. The van der Waals surface area contributed by atoms with Gasteiger partial charge in [-0.15, -0.1) is 4.73 Å². The summed E-state index contributed by atoms with van der Waals surface area (Å²) in [5.74, 6) is -2.75. The van der Waals surface area contributed by atoms with E-state index in [0.29, 0.717) is 0 Å². The number of amides is 1. The molecule has 11 heteroatoms. The van der Waals surface area contributed by atoms with E-state index in [1.165, 1.54) is 12.1 Å². The van der Waals surface area contributed by atoms with Gasteiger partial charge < -0.3 is 14.8 Å². The van der Waals surface area contributed by atoms with Crippen LogP contribution in [0.1, 0.15) is 27.4 Å². The molecule has 0 atom stereocenters. The highest BCUT2D eigenvalue weighted by Gasteiger charge is 2.31. The van der Waals surface area contributed by atoms with Gasteiger partial charge in [-0.3, -0.25) is 10.1 Å². The maximum absolute atomic E-state index is 12.7. The Morgan fingerprint density at radius 1 is 1.19 bits per heavy atom. The lowest BCUT2D eigenvalue weighted by Crippen LogP contribution is -2.44. The number of benzene rings is 1. The van der Waals surface area contributed by atoms with Crippen LogP contribution in [0.15, 0.2) is 28.7 Å². The van der Waals surface area contributed by atoms with Crippen molar-refractivity contribution < 1.29 is 23.6 Å². The van der Waals surface area contributed by atoms with Gasteiger partial charge in [0.15, 0.2) is 6.07 Å². The highest BCUT2D eigenvalue weighted by molar-refractivity contribution is 6.02. The number of nitrogens with zero attached hydrogens (tertiary/aromatic N) is 4. The predicted molar refractivity (Wildman–Crippen MR) is 89.4 cm³/mol. The fourth-order valence-corrected chi connectivity index (χ4v) is 2.47. The van der Waals surface area contributed by atoms with Gasteiger partial charge in [0, 0.05) is 6.07 Å². The van der Waals surface area contributed by atoms with Gasteiger partial charge in [0.25, 0.3) is 5.52 Å². The van der Waals surface area contributed by atoms with Gasteiger partial charge in [-0.05, 0) is 37.1 Å². The average molecular weight is 369 g/mol. The molecule has 0 aliphatic heterocycles. The third-order valence-corrected chi connectivity index (χ3v) is 3.99. The smallest absolute Gasteiger partial charge is 0.433 e. The Hall–Kier alpha value is -4.20. The normalized spacial score (nSPS) is 10.6. The van der Waals surface area contributed by atoms with Crippen molar-refractivity contribution in [1.29, 1.82) is 5.26 Å². The Labute approximate surface area is 151 Å². The van der Waals surface area contributed by atoms with Crippen molar-refractivity contribution in [3.63, 3.8) is 0 Å². The maximum Gasteiger partial charge on any atom is 0.433 e. The fourth-order valence-electron chi connectivity index (χ4n) is 2.47. The molecule has 27 heavy (non-hydrogen) atoms. The zero-order valence-electron chi connectivity index (χ0n) is 14.0. The molecule has 0 fully saturated rings. The molecular formula is C16H11N5O6. The number of fused-ring (bicyclic) bond motifs is 1. The summed E-state index contributed by atoms with van der Waals surface area (Å²) >= 11 is 0. The first-order chi connectivity index (χ1) is 12.7. The molecule has 0 aliphatic rings. The number of anilines is 1. The van der Waals surface area contributed by atoms with E-state index in [1.807, 2.05) is 0 Å². The number of furan rings is 1. The third-order valence-electron chi connectivity index (χ3n) is 3.99. The van der Waals surface area contributed by atoms with E-state index >= 15 is 0 Å². The second-order valence-corrected chi connectivity index (χ2v) is 5.67. The highest BCUT2D eigenvalue weighted by Crippen LogP contribution is 2.20. The SMILES string of the molecule is Cc1cc2c(cc1C)[n+]([O-])c(NC(=O)c1ccc([N+](=O)[O-])o1)c(C#N)[n+]2[O-]. The van der Waals surface area contributed by atoms with Gasteiger partial charge >= 0.3 is 23.3 Å². The van der Waals surface area contributed by atoms with Gasteiger partial charge in [-0.25, -0.2) is 9.52 Å². The number of hydrogen-bond acceptors (Lipinski definition) is 7. The Balaban J connectivity index is 2.14. The number of nitro groups is 1. The number of nitrogens with one attached hydrogen (secondary N) is 1. The summed E-state index contributed by atoms with van der Waals surface area (Å²) in [6, 6.07) is 6.51. The summed E-state index contributed by atoms with van der Waals surface area (Å²) in [6.45, 7) is 3.48. The minimum atomic E-state index is -1.02. The summed E-state index contributed by atoms with van der Waals surface area (Å²) < 4.78 is 5.26. The standard InChI is InChI=1S/C16H11N5O6/c1-8-5-10-11(6-9(8)2)20(24)15(12(7-17)19(10)23)18-16(22)13-3-4-14(27-13)21(25)26/h3-6H,1-2H3,(H,18,22). The van der Waals surface area contributed by atoms with Crippen LogP contribution >= 0.6 is 0 Å². The van der Waals surface area contributed by atoms with Crippen LogP contribution in [0.2, 0.25) is 0 Å². The van der Waals surface area contributed by atoms with E-state index in [1.54, 1.807) is 19.9 Å². The van der Waals surface area contributed by atoms with Crippen LogP contribution in [0.5, 0.6) is 0 Å². The molecule has 0 spiro atoms. The van der Waals surface area contributed by atoms with E-state index in [0.717, 1.165) is 23.3 Å². The van der Waals surface area contributed by atoms with Crippen LogP contribution in [0.3, 0.4) is 0 Å². The first-order valence-corrected chi connectivity index (χ1v) is 7.50. The van der Waals surface area contributed by atoms with Crippen molar-refractivity contribution in [1.82, 2.24) is 0 Å². The van der Waals surface area contributed by atoms with Crippen molar-refractivity contribution in [2.75, 3.05) is 5.32 Å². The fraction of sp³-hybridized carbons (Fsp3) is 0.125. The lowest BCUT2D eigenvalue weighted by molar-refractivity contribution is -0.620. The van der Waals surface area contributed by atoms with Gasteiger partial charge in [0.05, 0.1) is 6.07 Å². The molecule has 3 aromatic rings. The zero-order chi connectivity index (χ0) is 19.9. The van der Waals surface area contributed by atoms with Crippen LogP contribution in [-0.2, 0) is 0 Å². The molecule has 0 bridgehead atoms. The summed E-state index contributed by atoms with van der Waals surface area (Å²) in [5.41, 5.74) is 0.769. The minimum absolute atomic E-state index is 0.0312. The highest BCUT2D eigenvalue weighted by atomic mass is 16.6. The first kappa shape index (κ1) is 17.6. The van der Waals surface area contributed by atoms with Crippen molar-refractivity contribution in [3.8, 4) is 6.07 Å². The van der Waals surface area contributed by atoms with E-state index in [4.69, 9.17) is 4.42 Å². The number of carbonyl (C=O) groups excluding carboxylic acids is 1. The van der Waals surface area contributed by atoms with Crippen LogP contribution in [0.4, 0.5) is 11.7 Å². The minimum Gasteiger partial charge on any atom is -0.710 e. The monoisotopic (exact) mass is 369 g/mol. The van der Waals surface area contributed by atoms with E-state index in [2.05, 4.69) is 5.32 Å². The number of nitriles is 1. The average Bonchev–Trinajstić information content (AvgIpc) is 3.12. The molecule has 0 unspecified atom stereocenters. The van der Waals surface area contributed by atoms with Crippen molar-refractivity contribution >= 4 is 28.6 Å². The molecule has 3 rings (SSSR count). The van der Waals surface area contributed by atoms with E-state index in [-0.39, 0.29) is 20.5 Å². The Kier molecular flexibility index (Phi) is 4.09. The molecule has 136 valence electrons. The van der Waals surface area contributed by atoms with Gasteiger partial charge in [0.1, 0.15) is 4.92 Å². The summed E-state index contributed by atoms with van der Waals surface area (Å²) in [5, 5.41) is 47.2. The largest absolute Gasteiger partial charge is 0.710 e. The third kappa shape index (κ3) is 2.85. The quantitative estimate of drug-likeness (QED) is 0.315. The van der Waals surface area contributed by atoms with Gasteiger partial charge in [-0.1, -0.05) is 0 Å². The molecule has 2 aromatic heterocycles. The number of aromatic nitrogens is 2. The Bertz CT molecular complexity index is 1160. The second-order valence-electron chi connectivity index (χ2n) is 5.67. The number of aryl methyl sites for hydroxylation is 2. The summed E-state index contributed by atoms with van der Waals surface area (Å²) in [4.78, 5) is 22.0. The second kappa shape index (κ2) is 6.26. The molecule has 0 saturated heterocycles.